The molecule has 1 aromatic heterocycles. The topological polar surface area (TPSA) is 93.2 Å². The Kier molecular flexibility index (Phi) is 5.53. The van der Waals surface area contributed by atoms with Crippen molar-refractivity contribution in [2.75, 3.05) is 6.54 Å². The maximum atomic E-state index is 13.9. The van der Waals surface area contributed by atoms with E-state index in [4.69, 9.17) is 5.73 Å². The van der Waals surface area contributed by atoms with Gasteiger partial charge in [-0.05, 0) is 48.4 Å². The number of hydrogen-bond acceptors (Lipinski definition) is 3. The third-order valence-electron chi connectivity index (χ3n) is 6.81. The van der Waals surface area contributed by atoms with Gasteiger partial charge in [0.2, 0.25) is 0 Å². The number of primary amides is 1. The van der Waals surface area contributed by atoms with Gasteiger partial charge >= 0.3 is 6.03 Å². The fourth-order valence-electron chi connectivity index (χ4n) is 4.99. The van der Waals surface area contributed by atoms with E-state index in [1.165, 1.54) is 29.2 Å². The Morgan fingerprint density at radius 1 is 1.06 bits per heavy atom. The van der Waals surface area contributed by atoms with Crippen molar-refractivity contribution in [3.63, 3.8) is 0 Å². The SMILES string of the molecule is Cc1cc(-c2nn3c(c2C(N)=O)CN(C(=O)NC2(c4ccc(F)cc4)CC(F)(F)C2)CC3)ccc1F. The summed E-state index contributed by atoms with van der Waals surface area (Å²) in [5.74, 6) is -4.62. The molecule has 1 fully saturated rings. The molecule has 0 saturated heterocycles. The van der Waals surface area contributed by atoms with Crippen LogP contribution in [0, 0.1) is 18.6 Å². The summed E-state index contributed by atoms with van der Waals surface area (Å²) < 4.78 is 56.6. The average Bonchev–Trinajstić information content (AvgIpc) is 3.19. The molecule has 188 valence electrons. The highest BCUT2D eigenvalue weighted by Crippen LogP contribution is 2.51. The summed E-state index contributed by atoms with van der Waals surface area (Å²) >= 11 is 0. The van der Waals surface area contributed by atoms with E-state index in [9.17, 15) is 27.2 Å². The quantitative estimate of drug-likeness (QED) is 0.528. The Labute approximate surface area is 203 Å². The monoisotopic (exact) mass is 501 g/mol. The minimum absolute atomic E-state index is 0.0345. The lowest BCUT2D eigenvalue weighted by Crippen LogP contribution is -2.62. The highest BCUT2D eigenvalue weighted by Gasteiger charge is 2.58. The molecule has 1 aliphatic heterocycles. The van der Waals surface area contributed by atoms with Gasteiger partial charge in [0.15, 0.2) is 0 Å². The summed E-state index contributed by atoms with van der Waals surface area (Å²) in [6, 6.07) is 8.83. The molecule has 0 radical (unpaired) electrons. The van der Waals surface area contributed by atoms with Crippen LogP contribution in [0.5, 0.6) is 0 Å². The fourth-order valence-corrected chi connectivity index (χ4v) is 4.99. The first-order valence-corrected chi connectivity index (χ1v) is 11.3. The summed E-state index contributed by atoms with van der Waals surface area (Å²) in [6.45, 7) is 2.00. The highest BCUT2D eigenvalue weighted by molar-refractivity contribution is 6.00. The molecule has 1 aliphatic carbocycles. The number of nitrogens with one attached hydrogen (secondary N) is 1. The molecule has 2 aromatic carbocycles. The summed E-state index contributed by atoms with van der Waals surface area (Å²) in [5.41, 5.74) is 6.38. The predicted molar refractivity (Wildman–Crippen MR) is 122 cm³/mol. The first-order valence-electron chi connectivity index (χ1n) is 11.3. The molecule has 0 bridgehead atoms. The summed E-state index contributed by atoms with van der Waals surface area (Å²) in [6.07, 6.45) is -1.21. The van der Waals surface area contributed by atoms with Crippen LogP contribution < -0.4 is 11.1 Å². The van der Waals surface area contributed by atoms with Gasteiger partial charge in [0.05, 0.1) is 29.9 Å². The Morgan fingerprint density at radius 2 is 1.75 bits per heavy atom. The smallest absolute Gasteiger partial charge is 0.318 e. The van der Waals surface area contributed by atoms with Gasteiger partial charge in [-0.3, -0.25) is 9.48 Å². The molecule has 2 heterocycles. The number of carbonyl (C=O) groups is 2. The Morgan fingerprint density at radius 3 is 2.36 bits per heavy atom. The van der Waals surface area contributed by atoms with Crippen LogP contribution in [0.25, 0.3) is 11.3 Å². The fraction of sp³-hybridized carbons (Fsp3) is 0.320. The summed E-state index contributed by atoms with van der Waals surface area (Å²) in [7, 11) is 0. The van der Waals surface area contributed by atoms with E-state index >= 15 is 0 Å². The molecule has 3 N–H and O–H groups in total. The molecule has 3 amide bonds. The Hall–Kier alpha value is -3.89. The van der Waals surface area contributed by atoms with Crippen molar-refractivity contribution < 1.29 is 27.2 Å². The van der Waals surface area contributed by atoms with Crippen LogP contribution in [-0.4, -0.2) is 39.1 Å². The van der Waals surface area contributed by atoms with Crippen molar-refractivity contribution in [2.24, 2.45) is 5.73 Å². The molecular formula is C25H23F4N5O2. The summed E-state index contributed by atoms with van der Waals surface area (Å²) in [4.78, 5) is 27.0. The minimum atomic E-state index is -2.95. The zero-order chi connectivity index (χ0) is 25.8. The number of fused-ring (bicyclic) bond motifs is 1. The van der Waals surface area contributed by atoms with E-state index in [1.807, 2.05) is 0 Å². The lowest BCUT2D eigenvalue weighted by atomic mass is 9.69. The third-order valence-corrected chi connectivity index (χ3v) is 6.81. The molecule has 7 nitrogen and oxygen atoms in total. The van der Waals surface area contributed by atoms with Crippen LogP contribution in [-0.2, 0) is 18.6 Å². The number of urea groups is 1. The second kappa shape index (κ2) is 8.35. The van der Waals surface area contributed by atoms with Gasteiger partial charge in [-0.1, -0.05) is 12.1 Å². The molecular weight excluding hydrogens is 478 g/mol. The van der Waals surface area contributed by atoms with E-state index in [1.54, 1.807) is 17.7 Å². The van der Waals surface area contributed by atoms with Gasteiger partial charge in [0.25, 0.3) is 11.8 Å². The van der Waals surface area contributed by atoms with Crippen LogP contribution in [0.1, 0.15) is 40.0 Å². The van der Waals surface area contributed by atoms with E-state index in [-0.39, 0.29) is 30.9 Å². The first-order chi connectivity index (χ1) is 17.0. The molecule has 2 aliphatic rings. The molecule has 1 saturated carbocycles. The zero-order valence-electron chi connectivity index (χ0n) is 19.3. The van der Waals surface area contributed by atoms with Gasteiger partial charge in [-0.25, -0.2) is 22.4 Å². The first kappa shape index (κ1) is 23.8. The normalized spacial score (nSPS) is 17.8. The van der Waals surface area contributed by atoms with Crippen molar-refractivity contribution in [3.8, 4) is 11.3 Å². The number of nitrogens with zero attached hydrogens (tertiary/aromatic N) is 3. The molecule has 3 aromatic rings. The molecule has 11 heteroatoms. The summed E-state index contributed by atoms with van der Waals surface area (Å²) in [5, 5.41) is 7.20. The number of aromatic nitrogens is 2. The minimum Gasteiger partial charge on any atom is -0.365 e. The number of halogens is 4. The number of nitrogens with two attached hydrogens (primary N) is 1. The van der Waals surface area contributed by atoms with Crippen LogP contribution in [0.3, 0.4) is 0 Å². The highest BCUT2D eigenvalue weighted by atomic mass is 19.3. The molecule has 0 unspecified atom stereocenters. The zero-order valence-corrected chi connectivity index (χ0v) is 19.3. The third kappa shape index (κ3) is 4.08. The van der Waals surface area contributed by atoms with Crippen molar-refractivity contribution in [1.82, 2.24) is 20.0 Å². The van der Waals surface area contributed by atoms with E-state index < -0.39 is 47.9 Å². The number of carbonyl (C=O) groups excluding carboxylic acids is 2. The largest absolute Gasteiger partial charge is 0.365 e. The van der Waals surface area contributed by atoms with Crippen LogP contribution in [0.2, 0.25) is 0 Å². The van der Waals surface area contributed by atoms with Crippen molar-refractivity contribution >= 4 is 11.9 Å². The van der Waals surface area contributed by atoms with E-state index in [0.29, 0.717) is 22.4 Å². The van der Waals surface area contributed by atoms with Crippen molar-refractivity contribution in [3.05, 3.63) is 76.5 Å². The lowest BCUT2D eigenvalue weighted by Gasteiger charge is -2.49. The Balaban J connectivity index is 1.43. The predicted octanol–water partition coefficient (Wildman–Crippen LogP) is 4.09. The van der Waals surface area contributed by atoms with Crippen molar-refractivity contribution in [1.29, 1.82) is 0 Å². The maximum Gasteiger partial charge on any atom is 0.318 e. The molecule has 0 spiro atoms. The molecule has 5 rings (SSSR count). The average molecular weight is 501 g/mol. The van der Waals surface area contributed by atoms with E-state index in [2.05, 4.69) is 10.4 Å². The number of amides is 3. The number of rotatable bonds is 4. The number of hydrogen-bond donors (Lipinski definition) is 2. The van der Waals surface area contributed by atoms with Crippen molar-refractivity contribution in [2.45, 2.75) is 44.3 Å². The molecule has 0 atom stereocenters. The Bertz CT molecular complexity index is 1360. The molecule has 36 heavy (non-hydrogen) atoms. The lowest BCUT2D eigenvalue weighted by molar-refractivity contribution is -0.134. The van der Waals surface area contributed by atoms with Gasteiger partial charge < -0.3 is 16.0 Å². The van der Waals surface area contributed by atoms with Gasteiger partial charge in [0.1, 0.15) is 17.3 Å². The van der Waals surface area contributed by atoms with Crippen LogP contribution in [0.15, 0.2) is 42.5 Å². The van der Waals surface area contributed by atoms with Gasteiger partial charge in [-0.15, -0.1) is 0 Å². The number of alkyl halides is 2. The number of aryl methyl sites for hydroxylation is 1. The standard InChI is InChI=1S/C25H23F4N5O2/c1-14-10-15(2-7-18(14)27)21-20(22(30)35)19-11-33(8-9-34(19)32-21)23(36)31-24(12-25(28,29)13-24)16-3-5-17(26)6-4-16/h2-7,10H,8-9,11-13H2,1H3,(H2,30,35)(H,31,36). The van der Waals surface area contributed by atoms with Crippen LogP contribution in [0.4, 0.5) is 22.4 Å². The second-order valence-electron chi connectivity index (χ2n) is 9.37. The van der Waals surface area contributed by atoms with Gasteiger partial charge in [-0.2, -0.15) is 5.10 Å². The second-order valence-corrected chi connectivity index (χ2v) is 9.37. The van der Waals surface area contributed by atoms with Gasteiger partial charge in [0, 0.05) is 24.9 Å². The van der Waals surface area contributed by atoms with Crippen LogP contribution >= 0.6 is 0 Å². The maximum absolute atomic E-state index is 13.9. The number of benzene rings is 2. The van der Waals surface area contributed by atoms with E-state index in [0.717, 1.165) is 12.1 Å².